The highest BCUT2D eigenvalue weighted by Crippen LogP contribution is 2.13. The zero-order valence-corrected chi connectivity index (χ0v) is 12.6. The van der Waals surface area contributed by atoms with E-state index in [-0.39, 0.29) is 6.04 Å². The SMILES string of the molecule is CC(Cc1cccs1)N(C)C(=O)N[C@@H](CC(=O)O)C(=O)O. The molecule has 1 unspecified atom stereocenters. The van der Waals surface area contributed by atoms with Crippen LogP contribution in [0.25, 0.3) is 0 Å². The van der Waals surface area contributed by atoms with E-state index in [1.165, 1.54) is 4.90 Å². The number of nitrogens with zero attached hydrogens (tertiary/aromatic N) is 1. The summed E-state index contributed by atoms with van der Waals surface area (Å²) in [5, 5.41) is 21.7. The van der Waals surface area contributed by atoms with Crippen LogP contribution in [0.1, 0.15) is 18.2 Å². The number of urea groups is 1. The zero-order valence-electron chi connectivity index (χ0n) is 11.8. The van der Waals surface area contributed by atoms with Crippen LogP contribution >= 0.6 is 11.3 Å². The molecule has 0 aliphatic carbocycles. The maximum atomic E-state index is 12.0. The summed E-state index contributed by atoms with van der Waals surface area (Å²) in [6, 6.07) is 1.69. The number of nitrogens with one attached hydrogen (secondary N) is 1. The summed E-state index contributed by atoms with van der Waals surface area (Å²) in [7, 11) is 1.55. The van der Waals surface area contributed by atoms with Gasteiger partial charge in [0.05, 0.1) is 6.42 Å². The Labute approximate surface area is 126 Å². The van der Waals surface area contributed by atoms with E-state index in [4.69, 9.17) is 10.2 Å². The molecule has 0 aliphatic rings. The van der Waals surface area contributed by atoms with Crippen LogP contribution < -0.4 is 5.32 Å². The molecule has 0 spiro atoms. The third-order valence-corrected chi connectivity index (χ3v) is 3.93. The molecule has 7 nitrogen and oxygen atoms in total. The van der Waals surface area contributed by atoms with Crippen LogP contribution in [-0.4, -0.2) is 52.2 Å². The van der Waals surface area contributed by atoms with Gasteiger partial charge in [0.1, 0.15) is 6.04 Å². The second-order valence-corrected chi connectivity index (χ2v) is 5.71. The van der Waals surface area contributed by atoms with Gasteiger partial charge in [-0.1, -0.05) is 6.07 Å². The first-order chi connectivity index (χ1) is 9.81. The Morgan fingerprint density at radius 1 is 1.38 bits per heavy atom. The fraction of sp³-hybridized carbons (Fsp3) is 0.462. The van der Waals surface area contributed by atoms with Crippen molar-refractivity contribution < 1.29 is 24.6 Å². The number of carbonyl (C=O) groups is 3. The van der Waals surface area contributed by atoms with Crippen LogP contribution in [0.5, 0.6) is 0 Å². The molecule has 1 heterocycles. The molecule has 0 radical (unpaired) electrons. The predicted molar refractivity (Wildman–Crippen MR) is 77.5 cm³/mol. The Morgan fingerprint density at radius 3 is 2.52 bits per heavy atom. The molecular weight excluding hydrogens is 296 g/mol. The van der Waals surface area contributed by atoms with Crippen molar-refractivity contribution in [3.63, 3.8) is 0 Å². The molecule has 1 aromatic rings. The number of carbonyl (C=O) groups excluding carboxylic acids is 1. The van der Waals surface area contributed by atoms with E-state index in [0.29, 0.717) is 6.42 Å². The minimum atomic E-state index is -1.44. The number of likely N-dealkylation sites (N-methyl/N-ethyl adjacent to an activating group) is 1. The molecule has 3 N–H and O–H groups in total. The minimum absolute atomic E-state index is 0.136. The van der Waals surface area contributed by atoms with E-state index < -0.39 is 30.4 Å². The van der Waals surface area contributed by atoms with Crippen LogP contribution in [0.3, 0.4) is 0 Å². The normalized spacial score (nSPS) is 13.2. The lowest BCUT2D eigenvalue weighted by Gasteiger charge is -2.26. The number of amides is 2. The summed E-state index contributed by atoms with van der Waals surface area (Å²) in [5.74, 6) is -2.65. The first-order valence-electron chi connectivity index (χ1n) is 6.31. The van der Waals surface area contributed by atoms with Crippen molar-refractivity contribution in [3.05, 3.63) is 22.4 Å². The monoisotopic (exact) mass is 314 g/mol. The molecule has 0 saturated carbocycles. The van der Waals surface area contributed by atoms with Crippen LogP contribution in [-0.2, 0) is 16.0 Å². The molecule has 0 aromatic carbocycles. The molecule has 0 fully saturated rings. The van der Waals surface area contributed by atoms with Gasteiger partial charge in [-0.2, -0.15) is 0 Å². The topological polar surface area (TPSA) is 107 Å². The third kappa shape index (κ3) is 5.42. The van der Waals surface area contributed by atoms with Crippen molar-refractivity contribution in [1.82, 2.24) is 10.2 Å². The van der Waals surface area contributed by atoms with Gasteiger partial charge in [0.2, 0.25) is 0 Å². The van der Waals surface area contributed by atoms with Crippen molar-refractivity contribution in [2.24, 2.45) is 0 Å². The minimum Gasteiger partial charge on any atom is -0.481 e. The maximum absolute atomic E-state index is 12.0. The smallest absolute Gasteiger partial charge is 0.326 e. The van der Waals surface area contributed by atoms with E-state index in [1.54, 1.807) is 18.4 Å². The molecule has 8 heteroatoms. The van der Waals surface area contributed by atoms with Crippen LogP contribution in [0.4, 0.5) is 4.79 Å². The molecule has 1 rings (SSSR count). The number of thiophene rings is 1. The van der Waals surface area contributed by atoms with Gasteiger partial charge in [-0.3, -0.25) is 4.79 Å². The van der Waals surface area contributed by atoms with Gasteiger partial charge >= 0.3 is 18.0 Å². The fourth-order valence-corrected chi connectivity index (χ4v) is 2.51. The maximum Gasteiger partial charge on any atom is 0.326 e. The predicted octanol–water partition coefficient (Wildman–Crippen LogP) is 1.25. The van der Waals surface area contributed by atoms with Gasteiger partial charge < -0.3 is 20.4 Å². The van der Waals surface area contributed by atoms with E-state index >= 15 is 0 Å². The Hall–Kier alpha value is -2.09. The first-order valence-corrected chi connectivity index (χ1v) is 7.19. The van der Waals surface area contributed by atoms with Crippen LogP contribution in [0.15, 0.2) is 17.5 Å². The Kier molecular flexibility index (Phi) is 6.16. The van der Waals surface area contributed by atoms with E-state index in [2.05, 4.69) is 5.32 Å². The molecular formula is C13H18N2O5S. The lowest BCUT2D eigenvalue weighted by molar-refractivity contribution is -0.145. The summed E-state index contributed by atoms with van der Waals surface area (Å²) in [6.07, 6.45) is -0.00747. The average molecular weight is 314 g/mol. The lowest BCUT2D eigenvalue weighted by atomic mass is 10.2. The number of carboxylic acids is 2. The average Bonchev–Trinajstić information content (AvgIpc) is 2.88. The summed E-state index contributed by atoms with van der Waals surface area (Å²) < 4.78 is 0. The lowest BCUT2D eigenvalue weighted by Crippen LogP contribution is -2.50. The van der Waals surface area contributed by atoms with Gasteiger partial charge in [0.15, 0.2) is 0 Å². The highest BCUT2D eigenvalue weighted by molar-refractivity contribution is 7.09. The van der Waals surface area contributed by atoms with Crippen molar-refractivity contribution >= 4 is 29.3 Å². The van der Waals surface area contributed by atoms with E-state index in [1.807, 2.05) is 24.4 Å². The number of aliphatic carboxylic acids is 2. The molecule has 0 aliphatic heterocycles. The molecule has 0 bridgehead atoms. The third-order valence-electron chi connectivity index (χ3n) is 3.03. The number of rotatable bonds is 7. The summed E-state index contributed by atoms with van der Waals surface area (Å²) >= 11 is 1.58. The summed E-state index contributed by atoms with van der Waals surface area (Å²) in [4.78, 5) is 36.0. The van der Waals surface area contributed by atoms with Crippen molar-refractivity contribution in [1.29, 1.82) is 0 Å². The van der Waals surface area contributed by atoms with Crippen molar-refractivity contribution in [2.45, 2.75) is 31.8 Å². The van der Waals surface area contributed by atoms with Crippen LogP contribution in [0, 0.1) is 0 Å². The number of hydrogen-bond donors (Lipinski definition) is 3. The highest BCUT2D eigenvalue weighted by atomic mass is 32.1. The largest absolute Gasteiger partial charge is 0.481 e. The van der Waals surface area contributed by atoms with Gasteiger partial charge in [-0.05, 0) is 18.4 Å². The quantitative estimate of drug-likeness (QED) is 0.702. The van der Waals surface area contributed by atoms with Crippen LogP contribution in [0.2, 0.25) is 0 Å². The number of hydrogen-bond acceptors (Lipinski definition) is 4. The van der Waals surface area contributed by atoms with Gasteiger partial charge in [0, 0.05) is 24.4 Å². The Morgan fingerprint density at radius 2 is 2.05 bits per heavy atom. The van der Waals surface area contributed by atoms with E-state index in [9.17, 15) is 14.4 Å². The highest BCUT2D eigenvalue weighted by Gasteiger charge is 2.26. The standard InChI is InChI=1S/C13H18N2O5S/c1-8(6-9-4-3-5-21-9)15(2)13(20)14-10(12(18)19)7-11(16)17/h3-5,8,10H,6-7H2,1-2H3,(H,14,20)(H,16,17)(H,18,19)/t8?,10-/m0/s1. The van der Waals surface area contributed by atoms with Gasteiger partial charge in [-0.15, -0.1) is 11.3 Å². The van der Waals surface area contributed by atoms with Crippen molar-refractivity contribution in [2.75, 3.05) is 7.05 Å². The Balaban J connectivity index is 2.59. The summed E-state index contributed by atoms with van der Waals surface area (Å²) in [5.41, 5.74) is 0. The van der Waals surface area contributed by atoms with Gasteiger partial charge in [0.25, 0.3) is 0 Å². The second kappa shape index (κ2) is 7.63. The zero-order chi connectivity index (χ0) is 16.0. The Bertz CT molecular complexity index is 503. The summed E-state index contributed by atoms with van der Waals surface area (Å²) in [6.45, 7) is 1.84. The molecule has 2 atom stereocenters. The van der Waals surface area contributed by atoms with Gasteiger partial charge in [-0.25, -0.2) is 9.59 Å². The molecule has 0 saturated heterocycles. The molecule has 1 aromatic heterocycles. The molecule has 2 amide bonds. The molecule has 21 heavy (non-hydrogen) atoms. The second-order valence-electron chi connectivity index (χ2n) is 4.68. The van der Waals surface area contributed by atoms with E-state index in [0.717, 1.165) is 4.88 Å². The fourth-order valence-electron chi connectivity index (χ4n) is 1.68. The number of carboxylic acid groups (broad SMARTS) is 2. The first kappa shape index (κ1) is 17.0. The molecule has 116 valence electrons. The van der Waals surface area contributed by atoms with Crippen molar-refractivity contribution in [3.8, 4) is 0 Å².